The number of amides is 1. The van der Waals surface area contributed by atoms with E-state index >= 15 is 0 Å². The third-order valence-electron chi connectivity index (χ3n) is 3.39. The van der Waals surface area contributed by atoms with Crippen LogP contribution in [0.3, 0.4) is 0 Å². The summed E-state index contributed by atoms with van der Waals surface area (Å²) >= 11 is 0. The molecule has 0 aliphatic carbocycles. The first kappa shape index (κ1) is 14.0. The molecule has 0 fully saturated rings. The van der Waals surface area contributed by atoms with E-state index in [-0.39, 0.29) is 5.91 Å². The average Bonchev–Trinajstić information content (AvgIpc) is 3.14. The number of benzene rings is 1. The maximum Gasteiger partial charge on any atom is 0.279 e. The van der Waals surface area contributed by atoms with Crippen molar-refractivity contribution < 1.29 is 9.21 Å². The third-order valence-corrected chi connectivity index (χ3v) is 3.39. The second-order valence-corrected chi connectivity index (χ2v) is 4.83. The quantitative estimate of drug-likeness (QED) is 0.494. The minimum absolute atomic E-state index is 0.169. The molecule has 1 aliphatic heterocycles. The summed E-state index contributed by atoms with van der Waals surface area (Å²) in [6, 6.07) is 11.1. The highest BCUT2D eigenvalue weighted by Gasteiger charge is 2.33. The molecule has 0 bridgehead atoms. The van der Waals surface area contributed by atoms with E-state index in [9.17, 15) is 4.79 Å². The standard InChI is InChI=1S/C17H15N3O2/c1-3-10-20-14-8-5-4-7-13(14)16(17(20)21)19-18-12(2)15-9-6-11-22-15/h3-9,11H,1,10H2,2H3/b18-12-,19-16-. The van der Waals surface area contributed by atoms with Crippen LogP contribution in [0.25, 0.3) is 0 Å². The average molecular weight is 293 g/mol. The highest BCUT2D eigenvalue weighted by Crippen LogP contribution is 2.29. The van der Waals surface area contributed by atoms with Gasteiger partial charge in [-0.05, 0) is 25.1 Å². The summed E-state index contributed by atoms with van der Waals surface area (Å²) in [6.07, 6.45) is 3.26. The molecular formula is C17H15N3O2. The van der Waals surface area contributed by atoms with Crippen molar-refractivity contribution in [3.63, 3.8) is 0 Å². The molecule has 5 heteroatoms. The molecule has 1 aromatic heterocycles. The van der Waals surface area contributed by atoms with Gasteiger partial charge in [0.1, 0.15) is 11.5 Å². The molecule has 0 N–H and O–H groups in total. The topological polar surface area (TPSA) is 58.2 Å². The van der Waals surface area contributed by atoms with Gasteiger partial charge in [0.25, 0.3) is 5.91 Å². The molecule has 0 unspecified atom stereocenters. The van der Waals surface area contributed by atoms with Crippen LogP contribution in [0.4, 0.5) is 5.69 Å². The fourth-order valence-corrected chi connectivity index (χ4v) is 2.33. The van der Waals surface area contributed by atoms with Crippen LogP contribution in [-0.2, 0) is 4.79 Å². The van der Waals surface area contributed by atoms with E-state index < -0.39 is 0 Å². The van der Waals surface area contributed by atoms with Gasteiger partial charge in [-0.1, -0.05) is 24.3 Å². The van der Waals surface area contributed by atoms with Gasteiger partial charge < -0.3 is 9.32 Å². The molecule has 2 heterocycles. The molecule has 3 rings (SSSR count). The lowest BCUT2D eigenvalue weighted by Gasteiger charge is -2.13. The zero-order chi connectivity index (χ0) is 15.5. The summed E-state index contributed by atoms with van der Waals surface area (Å²) in [7, 11) is 0. The zero-order valence-electron chi connectivity index (χ0n) is 12.2. The van der Waals surface area contributed by atoms with Crippen LogP contribution in [0.5, 0.6) is 0 Å². The molecule has 0 saturated heterocycles. The second-order valence-electron chi connectivity index (χ2n) is 4.83. The van der Waals surface area contributed by atoms with Crippen molar-refractivity contribution in [2.24, 2.45) is 10.2 Å². The van der Waals surface area contributed by atoms with E-state index in [4.69, 9.17) is 4.42 Å². The van der Waals surface area contributed by atoms with Gasteiger partial charge in [-0.25, -0.2) is 0 Å². The van der Waals surface area contributed by atoms with Crippen LogP contribution in [-0.4, -0.2) is 23.9 Å². The maximum absolute atomic E-state index is 12.5. The van der Waals surface area contributed by atoms with Gasteiger partial charge >= 0.3 is 0 Å². The maximum atomic E-state index is 12.5. The molecule has 22 heavy (non-hydrogen) atoms. The van der Waals surface area contributed by atoms with Crippen molar-refractivity contribution in [1.29, 1.82) is 0 Å². The van der Waals surface area contributed by atoms with E-state index in [1.54, 1.807) is 36.3 Å². The van der Waals surface area contributed by atoms with E-state index in [1.165, 1.54) is 0 Å². The van der Waals surface area contributed by atoms with Gasteiger partial charge in [-0.15, -0.1) is 11.7 Å². The molecule has 110 valence electrons. The minimum atomic E-state index is -0.169. The van der Waals surface area contributed by atoms with E-state index in [1.807, 2.05) is 24.3 Å². The Morgan fingerprint density at radius 1 is 1.32 bits per heavy atom. The van der Waals surface area contributed by atoms with Gasteiger partial charge in [0.15, 0.2) is 5.71 Å². The molecule has 1 amide bonds. The van der Waals surface area contributed by atoms with E-state index in [0.717, 1.165) is 11.3 Å². The number of para-hydroxylation sites is 1. The number of anilines is 1. The Morgan fingerprint density at radius 3 is 2.86 bits per heavy atom. The Kier molecular flexibility index (Phi) is 3.70. The summed E-state index contributed by atoms with van der Waals surface area (Å²) in [5, 5.41) is 8.28. The van der Waals surface area contributed by atoms with E-state index in [0.29, 0.717) is 23.7 Å². The largest absolute Gasteiger partial charge is 0.463 e. The summed E-state index contributed by atoms with van der Waals surface area (Å²) in [5.74, 6) is 0.461. The lowest BCUT2D eigenvalue weighted by atomic mass is 10.1. The van der Waals surface area contributed by atoms with Gasteiger partial charge in [0.2, 0.25) is 0 Å². The molecule has 0 saturated carbocycles. The molecule has 0 spiro atoms. The molecule has 1 aliphatic rings. The lowest BCUT2D eigenvalue weighted by molar-refractivity contribution is -0.112. The van der Waals surface area contributed by atoms with Crippen molar-refractivity contribution >= 4 is 23.0 Å². The van der Waals surface area contributed by atoms with Crippen LogP contribution >= 0.6 is 0 Å². The van der Waals surface area contributed by atoms with Crippen LogP contribution in [0.1, 0.15) is 18.2 Å². The fourth-order valence-electron chi connectivity index (χ4n) is 2.33. The zero-order valence-corrected chi connectivity index (χ0v) is 12.2. The molecule has 5 nitrogen and oxygen atoms in total. The van der Waals surface area contributed by atoms with Gasteiger partial charge in [-0.3, -0.25) is 4.79 Å². The number of carbonyl (C=O) groups excluding carboxylic acids is 1. The number of nitrogens with zero attached hydrogens (tertiary/aromatic N) is 3. The Bertz CT molecular complexity index is 773. The Labute approximate surface area is 128 Å². The summed E-state index contributed by atoms with van der Waals surface area (Å²) in [5.41, 5.74) is 2.57. The Morgan fingerprint density at radius 2 is 2.14 bits per heavy atom. The first-order valence-electron chi connectivity index (χ1n) is 6.90. The number of fused-ring (bicyclic) bond motifs is 1. The van der Waals surface area contributed by atoms with Crippen molar-refractivity contribution in [3.05, 3.63) is 66.6 Å². The molecule has 1 aromatic carbocycles. The van der Waals surface area contributed by atoms with Gasteiger partial charge in [0, 0.05) is 12.1 Å². The monoisotopic (exact) mass is 293 g/mol. The number of carbonyl (C=O) groups is 1. The normalized spacial score (nSPS) is 16.2. The number of hydrogen-bond donors (Lipinski definition) is 0. The van der Waals surface area contributed by atoms with Crippen molar-refractivity contribution in [3.8, 4) is 0 Å². The number of rotatable bonds is 4. The lowest BCUT2D eigenvalue weighted by Crippen LogP contribution is -2.30. The minimum Gasteiger partial charge on any atom is -0.463 e. The number of hydrogen-bond acceptors (Lipinski definition) is 4. The smallest absolute Gasteiger partial charge is 0.279 e. The summed E-state index contributed by atoms with van der Waals surface area (Å²) in [4.78, 5) is 14.1. The van der Waals surface area contributed by atoms with Gasteiger partial charge in [0.05, 0.1) is 12.0 Å². The number of furan rings is 1. The molecule has 0 atom stereocenters. The van der Waals surface area contributed by atoms with Crippen LogP contribution in [0, 0.1) is 0 Å². The van der Waals surface area contributed by atoms with Crippen molar-refractivity contribution in [2.45, 2.75) is 6.92 Å². The van der Waals surface area contributed by atoms with E-state index in [2.05, 4.69) is 16.8 Å². The third kappa shape index (κ3) is 2.37. The molecular weight excluding hydrogens is 278 g/mol. The van der Waals surface area contributed by atoms with Crippen LogP contribution in [0.15, 0.2) is 69.9 Å². The predicted molar refractivity (Wildman–Crippen MR) is 86.4 cm³/mol. The first-order chi connectivity index (χ1) is 10.7. The second kappa shape index (κ2) is 5.81. The molecule has 0 radical (unpaired) electrons. The first-order valence-corrected chi connectivity index (χ1v) is 6.90. The summed E-state index contributed by atoms with van der Waals surface area (Å²) in [6.45, 7) is 5.92. The molecule has 2 aromatic rings. The van der Waals surface area contributed by atoms with Gasteiger partial charge in [-0.2, -0.15) is 5.10 Å². The van der Waals surface area contributed by atoms with Crippen molar-refractivity contribution in [1.82, 2.24) is 0 Å². The SMILES string of the molecule is C=CCN1C(=O)/C(=N\N=C(\C)c2ccco2)c2ccccc21. The Hall–Kier alpha value is -2.95. The Balaban J connectivity index is 2.00. The fraction of sp³-hybridized carbons (Fsp3) is 0.118. The highest BCUT2D eigenvalue weighted by molar-refractivity contribution is 6.54. The predicted octanol–water partition coefficient (Wildman–Crippen LogP) is 3.03. The van der Waals surface area contributed by atoms with Crippen LogP contribution < -0.4 is 4.90 Å². The van der Waals surface area contributed by atoms with Crippen molar-refractivity contribution in [2.75, 3.05) is 11.4 Å². The van der Waals surface area contributed by atoms with Crippen LogP contribution in [0.2, 0.25) is 0 Å². The summed E-state index contributed by atoms with van der Waals surface area (Å²) < 4.78 is 5.26. The highest BCUT2D eigenvalue weighted by atomic mass is 16.3.